The molecule has 2 fully saturated rings. The molecule has 2 aliphatic heterocycles. The van der Waals surface area contributed by atoms with Gasteiger partial charge in [0.15, 0.2) is 5.96 Å². The molecule has 2 heterocycles. The summed E-state index contributed by atoms with van der Waals surface area (Å²) in [4.78, 5) is 8.52. The number of likely N-dealkylation sites (tertiary alicyclic amines) is 1. The van der Waals surface area contributed by atoms with Crippen LogP contribution in [0.25, 0.3) is 0 Å². The van der Waals surface area contributed by atoms with Gasteiger partial charge in [0.05, 0.1) is 6.54 Å². The fourth-order valence-electron chi connectivity index (χ4n) is 4.06. The Morgan fingerprint density at radius 1 is 1.13 bits per heavy atom. The topological polar surface area (TPSA) is 42.9 Å². The summed E-state index contributed by atoms with van der Waals surface area (Å²) in [5.41, 5.74) is 2.49. The van der Waals surface area contributed by atoms with E-state index in [0.29, 0.717) is 25.7 Å². The Morgan fingerprint density at radius 3 is 2.53 bits per heavy atom. The van der Waals surface area contributed by atoms with Crippen LogP contribution in [-0.4, -0.2) is 68.9 Å². The average molecular weight is 539 g/mol. The number of nitrogens with zero attached hydrogens (tertiary/aromatic N) is 3. The van der Waals surface area contributed by atoms with Crippen LogP contribution in [0, 0.1) is 12.8 Å². The number of hydrogen-bond donors (Lipinski definition) is 2. The molecule has 5 nitrogen and oxygen atoms in total. The van der Waals surface area contributed by atoms with Gasteiger partial charge >= 0.3 is 6.18 Å². The van der Waals surface area contributed by atoms with Crippen LogP contribution in [0.15, 0.2) is 29.3 Å². The summed E-state index contributed by atoms with van der Waals surface area (Å²) in [5.74, 6) is 0.943. The summed E-state index contributed by atoms with van der Waals surface area (Å²) in [6, 6.07) is 8.88. The third-order valence-corrected chi connectivity index (χ3v) is 5.55. The molecule has 2 atom stereocenters. The number of aliphatic imine (C=N–C) groups is 1. The highest BCUT2D eigenvalue weighted by Crippen LogP contribution is 2.23. The quantitative estimate of drug-likeness (QED) is 0.330. The molecule has 0 radical (unpaired) electrons. The molecule has 0 aliphatic carbocycles. The zero-order chi connectivity index (χ0) is 20.9. The van der Waals surface area contributed by atoms with E-state index in [9.17, 15) is 13.2 Å². The molecule has 3 rings (SSSR count). The number of nitrogens with one attached hydrogen (secondary N) is 2. The molecular weight excluding hydrogens is 506 g/mol. The van der Waals surface area contributed by atoms with E-state index in [4.69, 9.17) is 0 Å². The van der Waals surface area contributed by atoms with Crippen molar-refractivity contribution in [3.63, 3.8) is 0 Å². The molecule has 0 bridgehead atoms. The van der Waals surface area contributed by atoms with Crippen LogP contribution in [0.4, 0.5) is 18.9 Å². The molecule has 170 valence electrons. The minimum absolute atomic E-state index is 0. The van der Waals surface area contributed by atoms with Gasteiger partial charge in [-0.3, -0.25) is 9.89 Å². The summed E-state index contributed by atoms with van der Waals surface area (Å²) in [6.45, 7) is 7.47. The third-order valence-electron chi connectivity index (χ3n) is 5.55. The molecule has 1 aromatic carbocycles. The fourth-order valence-corrected chi connectivity index (χ4v) is 4.06. The van der Waals surface area contributed by atoms with E-state index in [1.807, 2.05) is 6.92 Å². The third kappa shape index (κ3) is 7.79. The summed E-state index contributed by atoms with van der Waals surface area (Å²) in [7, 11) is 0. The lowest BCUT2D eigenvalue weighted by atomic mass is 10.1. The molecule has 0 aromatic heterocycles. The molecule has 0 spiro atoms. The molecule has 2 saturated heterocycles. The lowest BCUT2D eigenvalue weighted by Gasteiger charge is -2.21. The molecule has 30 heavy (non-hydrogen) atoms. The van der Waals surface area contributed by atoms with E-state index < -0.39 is 12.7 Å². The molecule has 2 aliphatic rings. The summed E-state index contributed by atoms with van der Waals surface area (Å²) in [6.07, 6.45) is -2.33. The second kappa shape index (κ2) is 11.4. The monoisotopic (exact) mass is 539 g/mol. The van der Waals surface area contributed by atoms with Crippen LogP contribution in [-0.2, 0) is 0 Å². The van der Waals surface area contributed by atoms with E-state index in [-0.39, 0.29) is 29.9 Å². The van der Waals surface area contributed by atoms with Gasteiger partial charge in [-0.1, -0.05) is 17.7 Å². The van der Waals surface area contributed by atoms with Gasteiger partial charge in [0, 0.05) is 44.5 Å². The van der Waals surface area contributed by atoms with Gasteiger partial charge in [0.1, 0.15) is 0 Å². The van der Waals surface area contributed by atoms with Crippen LogP contribution in [0.3, 0.4) is 0 Å². The zero-order valence-corrected chi connectivity index (χ0v) is 20.0. The number of guanidine groups is 1. The lowest BCUT2D eigenvalue weighted by molar-refractivity contribution is -0.143. The molecule has 0 amide bonds. The van der Waals surface area contributed by atoms with E-state index >= 15 is 0 Å². The largest absolute Gasteiger partial charge is 0.401 e. The van der Waals surface area contributed by atoms with Crippen LogP contribution in [0.5, 0.6) is 0 Å². The highest BCUT2D eigenvalue weighted by molar-refractivity contribution is 14.0. The highest BCUT2D eigenvalue weighted by Gasteiger charge is 2.34. The number of hydrogen-bond acceptors (Lipinski definition) is 3. The number of halogens is 4. The predicted octanol–water partition coefficient (Wildman–Crippen LogP) is 3.63. The van der Waals surface area contributed by atoms with Gasteiger partial charge in [-0.05, 0) is 51.3 Å². The van der Waals surface area contributed by atoms with Crippen LogP contribution < -0.4 is 15.5 Å². The number of aryl methyl sites for hydroxylation is 1. The molecular formula is C21H33F3IN5. The fraction of sp³-hybridized carbons (Fsp3) is 0.667. The first-order valence-corrected chi connectivity index (χ1v) is 10.5. The maximum absolute atomic E-state index is 12.6. The van der Waals surface area contributed by atoms with Crippen molar-refractivity contribution in [3.05, 3.63) is 29.8 Å². The van der Waals surface area contributed by atoms with Gasteiger partial charge < -0.3 is 15.5 Å². The molecule has 0 saturated carbocycles. The van der Waals surface area contributed by atoms with Crippen molar-refractivity contribution < 1.29 is 13.2 Å². The maximum Gasteiger partial charge on any atom is 0.401 e. The van der Waals surface area contributed by atoms with Crippen molar-refractivity contribution in [2.24, 2.45) is 10.9 Å². The SMILES string of the molecule is CCNC(=NCC1CCN(CC(F)(F)F)C1)NC1CCN(c2ccc(C)cc2)C1.I. The van der Waals surface area contributed by atoms with Crippen molar-refractivity contribution in [2.75, 3.05) is 50.7 Å². The van der Waals surface area contributed by atoms with E-state index in [0.717, 1.165) is 38.4 Å². The smallest absolute Gasteiger partial charge is 0.369 e. The molecule has 2 N–H and O–H groups in total. The molecule has 1 aromatic rings. The average Bonchev–Trinajstić information content (AvgIpc) is 3.29. The van der Waals surface area contributed by atoms with Gasteiger partial charge in [0.25, 0.3) is 0 Å². The van der Waals surface area contributed by atoms with Crippen molar-refractivity contribution in [1.82, 2.24) is 15.5 Å². The Bertz CT molecular complexity index is 680. The minimum atomic E-state index is -4.12. The van der Waals surface area contributed by atoms with E-state index in [2.05, 4.69) is 51.7 Å². The van der Waals surface area contributed by atoms with Gasteiger partial charge in [-0.2, -0.15) is 13.2 Å². The van der Waals surface area contributed by atoms with Crippen LogP contribution >= 0.6 is 24.0 Å². The zero-order valence-electron chi connectivity index (χ0n) is 17.7. The standard InChI is InChI=1S/C21H32F3N5.HI/c1-3-25-20(26-12-17-8-10-28(13-17)15-21(22,23)24)27-18-9-11-29(14-18)19-6-4-16(2)5-7-19;/h4-7,17-18H,3,8-15H2,1-2H3,(H2,25,26,27);1H. The number of benzene rings is 1. The first-order chi connectivity index (χ1) is 13.8. The summed E-state index contributed by atoms with van der Waals surface area (Å²) >= 11 is 0. The minimum Gasteiger partial charge on any atom is -0.369 e. The number of anilines is 1. The van der Waals surface area contributed by atoms with Crippen molar-refractivity contribution in [2.45, 2.75) is 38.9 Å². The van der Waals surface area contributed by atoms with Crippen molar-refractivity contribution >= 4 is 35.6 Å². The maximum atomic E-state index is 12.6. The Labute approximate surface area is 194 Å². The predicted molar refractivity (Wildman–Crippen MR) is 127 cm³/mol. The number of rotatable bonds is 6. The van der Waals surface area contributed by atoms with Crippen LogP contribution in [0.2, 0.25) is 0 Å². The molecule has 9 heteroatoms. The Kier molecular flexibility index (Phi) is 9.52. The summed E-state index contributed by atoms with van der Waals surface area (Å²) in [5, 5.41) is 6.78. The second-order valence-corrected chi connectivity index (χ2v) is 8.14. The van der Waals surface area contributed by atoms with Gasteiger partial charge in [0.2, 0.25) is 0 Å². The lowest BCUT2D eigenvalue weighted by Crippen LogP contribution is -2.45. The van der Waals surface area contributed by atoms with Gasteiger partial charge in [-0.25, -0.2) is 0 Å². The first kappa shape index (κ1) is 25.0. The van der Waals surface area contributed by atoms with Crippen molar-refractivity contribution in [3.8, 4) is 0 Å². The highest BCUT2D eigenvalue weighted by atomic mass is 127. The normalized spacial score (nSPS) is 22.8. The Morgan fingerprint density at radius 2 is 1.87 bits per heavy atom. The second-order valence-electron chi connectivity index (χ2n) is 8.14. The first-order valence-electron chi connectivity index (χ1n) is 10.5. The van der Waals surface area contributed by atoms with E-state index in [1.165, 1.54) is 16.2 Å². The van der Waals surface area contributed by atoms with E-state index in [1.54, 1.807) is 0 Å². The Balaban J connectivity index is 0.00000320. The van der Waals surface area contributed by atoms with Gasteiger partial charge in [-0.15, -0.1) is 24.0 Å². The van der Waals surface area contributed by atoms with Crippen LogP contribution in [0.1, 0.15) is 25.3 Å². The number of alkyl halides is 3. The summed E-state index contributed by atoms with van der Waals surface area (Å²) < 4.78 is 37.7. The Hall–Kier alpha value is -1.23. The van der Waals surface area contributed by atoms with Crippen molar-refractivity contribution in [1.29, 1.82) is 0 Å². The molecule has 2 unspecified atom stereocenters.